The van der Waals surface area contributed by atoms with Gasteiger partial charge in [-0.3, -0.25) is 20.0 Å². The number of amides is 2. The topological polar surface area (TPSA) is 128 Å². The molecule has 45 heavy (non-hydrogen) atoms. The normalized spacial score (nSPS) is 20.7. The second-order valence-electron chi connectivity index (χ2n) is 11.3. The molecule has 11 nitrogen and oxygen atoms in total. The highest BCUT2D eigenvalue weighted by Crippen LogP contribution is 2.36. The Morgan fingerprint density at radius 1 is 1.04 bits per heavy atom. The van der Waals surface area contributed by atoms with Crippen molar-refractivity contribution in [2.75, 3.05) is 18.4 Å². The molecule has 0 radical (unpaired) electrons. The molecule has 7 rings (SSSR count). The summed E-state index contributed by atoms with van der Waals surface area (Å²) in [5, 5.41) is 7.27. The van der Waals surface area contributed by atoms with Gasteiger partial charge in [-0.2, -0.15) is 8.78 Å². The third-order valence-corrected chi connectivity index (χ3v) is 8.38. The van der Waals surface area contributed by atoms with Crippen molar-refractivity contribution in [3.05, 3.63) is 78.1 Å². The molecule has 3 N–H and O–H groups in total. The molecule has 2 amide bonds. The van der Waals surface area contributed by atoms with Crippen LogP contribution in [0.15, 0.2) is 76.4 Å². The van der Waals surface area contributed by atoms with Gasteiger partial charge in [-0.05, 0) is 61.1 Å². The van der Waals surface area contributed by atoms with Crippen LogP contribution >= 0.6 is 0 Å². The molecule has 4 aromatic rings. The molecule has 0 spiro atoms. The molecule has 0 bridgehead atoms. The minimum atomic E-state index is -2.80. The van der Waals surface area contributed by atoms with Gasteiger partial charge in [0.05, 0.1) is 5.92 Å². The van der Waals surface area contributed by atoms with Gasteiger partial charge >= 0.3 is 6.55 Å². The minimum Gasteiger partial charge on any atom is -0.436 e. The van der Waals surface area contributed by atoms with Gasteiger partial charge in [0.25, 0.3) is 5.91 Å². The molecular formula is C31H29F3N8O3. The summed E-state index contributed by atoms with van der Waals surface area (Å²) in [6, 6.07) is 17.9. The summed E-state index contributed by atoms with van der Waals surface area (Å²) in [5.74, 6) is -0.710. The number of aromatic nitrogens is 2. The molecule has 1 saturated carbocycles. The molecule has 1 saturated heterocycles. The average molecular weight is 619 g/mol. The van der Waals surface area contributed by atoms with Crippen molar-refractivity contribution in [2.24, 2.45) is 16.9 Å². The van der Waals surface area contributed by atoms with Gasteiger partial charge in [0, 0.05) is 36.5 Å². The maximum Gasteiger partial charge on any atom is 0.344 e. The van der Waals surface area contributed by atoms with E-state index in [2.05, 4.69) is 31.3 Å². The number of nitrogens with zero attached hydrogens (tertiary/aromatic N) is 5. The van der Waals surface area contributed by atoms with Crippen LogP contribution in [0.3, 0.4) is 0 Å². The number of alkyl halides is 3. The number of likely N-dealkylation sites (tertiary alicyclic amines) is 1. The summed E-state index contributed by atoms with van der Waals surface area (Å²) in [7, 11) is 0. The number of hydrogen-bond donors (Lipinski definition) is 3. The molecule has 2 aromatic heterocycles. The van der Waals surface area contributed by atoms with E-state index >= 15 is 0 Å². The van der Waals surface area contributed by atoms with Gasteiger partial charge in [0.1, 0.15) is 23.2 Å². The number of hydrazone groups is 1. The number of benzene rings is 2. The molecule has 2 aliphatic heterocycles. The highest BCUT2D eigenvalue weighted by atomic mass is 19.3. The first-order chi connectivity index (χ1) is 21.8. The van der Waals surface area contributed by atoms with Crippen molar-refractivity contribution in [3.8, 4) is 11.5 Å². The zero-order chi connectivity index (χ0) is 31.1. The third kappa shape index (κ3) is 5.92. The molecule has 3 atom stereocenters. The Morgan fingerprint density at radius 3 is 2.53 bits per heavy atom. The summed E-state index contributed by atoms with van der Waals surface area (Å²) >= 11 is 0. The van der Waals surface area contributed by atoms with Crippen molar-refractivity contribution in [2.45, 2.75) is 37.9 Å². The Morgan fingerprint density at radius 2 is 1.82 bits per heavy atom. The lowest BCUT2D eigenvalue weighted by atomic mass is 9.79. The van der Waals surface area contributed by atoms with E-state index in [0.717, 1.165) is 5.56 Å². The second-order valence-corrected chi connectivity index (χ2v) is 11.3. The van der Waals surface area contributed by atoms with E-state index in [1.54, 1.807) is 35.2 Å². The molecule has 1 aliphatic carbocycles. The highest BCUT2D eigenvalue weighted by Gasteiger charge is 2.43. The number of piperidine rings is 1. The second kappa shape index (κ2) is 11.8. The number of nitrogens with one attached hydrogen (secondary N) is 3. The molecule has 3 aliphatic rings. The number of hydrazine groups is 2. The SMILES string of the molecule is O=C(Nc1ccc2oc(-c3ccnc(C(=O)N4CCC(C(C5=NN(C(F)F)NN5)c5ccccc5)CC4)c3)nc2c1)[C@@H]1C[C@@H]1F. The number of pyridine rings is 1. The first-order valence-electron chi connectivity index (χ1n) is 14.7. The van der Waals surface area contributed by atoms with Gasteiger partial charge in [-0.15, -0.1) is 15.8 Å². The Bertz CT molecular complexity index is 1760. The summed E-state index contributed by atoms with van der Waals surface area (Å²) < 4.78 is 45.6. The van der Waals surface area contributed by atoms with Crippen molar-refractivity contribution < 1.29 is 27.2 Å². The number of fused-ring (bicyclic) bond motifs is 1. The standard InChI is InChI=1S/C31H29F3N8O3/c32-22-16-21(22)28(43)36-20-6-7-25-23(15-20)37-29(45-25)19-8-11-35-24(14-19)30(44)41-12-9-18(10-13-41)26(17-4-2-1-3-5-17)27-38-40-42(39-27)31(33)34/h1-8,11,14-15,18,21-22,26,31,40H,9-10,12-13,16H2,(H,36,43)(H,38,39)/t21-,22+,26?/m1/s1. The number of anilines is 1. The van der Waals surface area contributed by atoms with Crippen LogP contribution in [0.5, 0.6) is 0 Å². The van der Waals surface area contributed by atoms with E-state index in [-0.39, 0.29) is 41.7 Å². The zero-order valence-corrected chi connectivity index (χ0v) is 23.9. The summed E-state index contributed by atoms with van der Waals surface area (Å²) in [5.41, 5.74) is 8.45. The quantitative estimate of drug-likeness (QED) is 0.243. The van der Waals surface area contributed by atoms with E-state index in [0.29, 0.717) is 59.2 Å². The Hall–Kier alpha value is -4.98. The maximum absolute atomic E-state index is 13.5. The number of halogens is 3. The third-order valence-electron chi connectivity index (χ3n) is 8.38. The fourth-order valence-electron chi connectivity index (χ4n) is 5.90. The highest BCUT2D eigenvalue weighted by molar-refractivity contribution is 5.96. The number of amidine groups is 1. The number of carbonyl (C=O) groups excluding carboxylic acids is 2. The summed E-state index contributed by atoms with van der Waals surface area (Å²) in [6.45, 7) is -1.88. The lowest BCUT2D eigenvalue weighted by molar-refractivity contribution is -0.117. The smallest absolute Gasteiger partial charge is 0.344 e. The van der Waals surface area contributed by atoms with Crippen LogP contribution in [0, 0.1) is 11.8 Å². The van der Waals surface area contributed by atoms with Crippen molar-refractivity contribution in [3.63, 3.8) is 0 Å². The molecule has 4 heterocycles. The van der Waals surface area contributed by atoms with Crippen LogP contribution < -0.4 is 16.3 Å². The molecule has 232 valence electrons. The van der Waals surface area contributed by atoms with Gasteiger partial charge in [-0.25, -0.2) is 9.37 Å². The van der Waals surface area contributed by atoms with Crippen LogP contribution in [0.2, 0.25) is 0 Å². The first kappa shape index (κ1) is 28.8. The van der Waals surface area contributed by atoms with E-state index in [9.17, 15) is 22.8 Å². The van der Waals surface area contributed by atoms with Gasteiger partial charge in [0.2, 0.25) is 11.8 Å². The minimum absolute atomic E-state index is 0.0542. The fourth-order valence-corrected chi connectivity index (χ4v) is 5.90. The average Bonchev–Trinajstić information content (AvgIpc) is 3.40. The van der Waals surface area contributed by atoms with Crippen molar-refractivity contribution in [1.29, 1.82) is 0 Å². The Balaban J connectivity index is 1.04. The van der Waals surface area contributed by atoms with Crippen LogP contribution in [0.25, 0.3) is 22.6 Å². The van der Waals surface area contributed by atoms with E-state index in [1.807, 2.05) is 30.3 Å². The van der Waals surface area contributed by atoms with Crippen LogP contribution in [0.4, 0.5) is 18.9 Å². The molecule has 2 aromatic carbocycles. The fraction of sp³-hybridized carbons (Fsp3) is 0.323. The summed E-state index contributed by atoms with van der Waals surface area (Å²) in [4.78, 5) is 36.2. The maximum atomic E-state index is 13.5. The summed E-state index contributed by atoms with van der Waals surface area (Å²) in [6.07, 6.45) is 1.95. The largest absolute Gasteiger partial charge is 0.436 e. The monoisotopic (exact) mass is 618 g/mol. The molecule has 2 fully saturated rings. The van der Waals surface area contributed by atoms with E-state index in [4.69, 9.17) is 4.42 Å². The molecule has 14 heteroatoms. The Kier molecular flexibility index (Phi) is 7.57. The van der Waals surface area contributed by atoms with Gasteiger partial charge < -0.3 is 14.6 Å². The van der Waals surface area contributed by atoms with Gasteiger partial charge in [0.15, 0.2) is 5.58 Å². The molecule has 1 unspecified atom stereocenters. The number of rotatable bonds is 8. The van der Waals surface area contributed by atoms with E-state index < -0.39 is 18.6 Å². The Labute approximate surface area is 255 Å². The number of hydrogen-bond acceptors (Lipinski definition) is 9. The van der Waals surface area contributed by atoms with Crippen LogP contribution in [-0.2, 0) is 4.79 Å². The van der Waals surface area contributed by atoms with Crippen molar-refractivity contribution >= 4 is 34.4 Å². The van der Waals surface area contributed by atoms with E-state index in [1.165, 1.54) is 6.20 Å². The number of carbonyl (C=O) groups is 2. The first-order valence-corrected chi connectivity index (χ1v) is 14.7. The molecular weight excluding hydrogens is 589 g/mol. The van der Waals surface area contributed by atoms with Crippen LogP contribution in [-0.4, -0.2) is 63.4 Å². The van der Waals surface area contributed by atoms with Gasteiger partial charge in [-0.1, -0.05) is 30.3 Å². The predicted molar refractivity (Wildman–Crippen MR) is 158 cm³/mol. The predicted octanol–water partition coefficient (Wildman–Crippen LogP) is 4.68. The van der Waals surface area contributed by atoms with Crippen molar-refractivity contribution in [1.82, 2.24) is 30.9 Å². The zero-order valence-electron chi connectivity index (χ0n) is 23.9. The van der Waals surface area contributed by atoms with Crippen LogP contribution in [0.1, 0.15) is 41.2 Å². The number of oxazole rings is 1. The lowest BCUT2D eigenvalue weighted by Gasteiger charge is -2.36. The lowest BCUT2D eigenvalue weighted by Crippen LogP contribution is -2.45.